The average molecular weight is 339 g/mol. The number of carbonyl (C=O) groups excluding carboxylic acids is 1. The molecule has 1 saturated heterocycles. The summed E-state index contributed by atoms with van der Waals surface area (Å²) >= 11 is 0. The first kappa shape index (κ1) is 16.3. The number of hydrogen-bond acceptors (Lipinski definition) is 4. The number of benzene rings is 1. The minimum absolute atomic E-state index is 0.119. The number of anilines is 1. The smallest absolute Gasteiger partial charge is 0.244 e. The number of aryl methyl sites for hydroxylation is 3. The summed E-state index contributed by atoms with van der Waals surface area (Å²) in [5.41, 5.74) is 2.19. The molecule has 1 N–H and O–H groups in total. The number of hydrogen-bond donors (Lipinski definition) is 1. The van der Waals surface area contributed by atoms with Crippen LogP contribution in [0.25, 0.3) is 0 Å². The number of amides is 1. The fourth-order valence-electron chi connectivity index (χ4n) is 3.77. The molecular weight excluding hydrogens is 314 g/mol. The van der Waals surface area contributed by atoms with E-state index in [1.54, 1.807) is 0 Å². The third kappa shape index (κ3) is 3.06. The highest BCUT2D eigenvalue weighted by molar-refractivity contribution is 5.99. The third-order valence-electron chi connectivity index (χ3n) is 5.19. The first-order chi connectivity index (χ1) is 12.2. The van der Waals surface area contributed by atoms with Gasteiger partial charge >= 0.3 is 0 Å². The van der Waals surface area contributed by atoms with Gasteiger partial charge in [0.1, 0.15) is 5.82 Å². The Bertz CT molecular complexity index is 767. The molecule has 4 rings (SSSR count). The lowest BCUT2D eigenvalue weighted by atomic mass is 10.1. The molecule has 1 amide bonds. The zero-order valence-corrected chi connectivity index (χ0v) is 14.9. The molecule has 1 fully saturated rings. The molecule has 0 unspecified atom stereocenters. The number of rotatable bonds is 4. The fourth-order valence-corrected chi connectivity index (χ4v) is 3.77. The number of carbonyl (C=O) groups is 1. The SMILES string of the molecule is CCc1nc2n(n1)CCC[C@H]2N[C@@H]1CCN(c2ccc(C)cc2)C1=O. The van der Waals surface area contributed by atoms with Crippen LogP contribution in [0.3, 0.4) is 0 Å². The Morgan fingerprint density at radius 1 is 1.16 bits per heavy atom. The Kier molecular flexibility index (Phi) is 4.29. The topological polar surface area (TPSA) is 63.1 Å². The summed E-state index contributed by atoms with van der Waals surface area (Å²) in [6.45, 7) is 5.82. The monoisotopic (exact) mass is 339 g/mol. The Balaban J connectivity index is 1.48. The molecule has 0 saturated carbocycles. The van der Waals surface area contributed by atoms with Crippen molar-refractivity contribution in [3.05, 3.63) is 41.5 Å². The molecule has 2 aliphatic rings. The van der Waals surface area contributed by atoms with Crippen molar-refractivity contribution in [1.29, 1.82) is 0 Å². The van der Waals surface area contributed by atoms with Crippen LogP contribution in [0.4, 0.5) is 5.69 Å². The highest BCUT2D eigenvalue weighted by Gasteiger charge is 2.35. The lowest BCUT2D eigenvalue weighted by Crippen LogP contribution is -2.42. The third-order valence-corrected chi connectivity index (χ3v) is 5.19. The Morgan fingerprint density at radius 2 is 1.96 bits per heavy atom. The van der Waals surface area contributed by atoms with Gasteiger partial charge in [-0.05, 0) is 38.3 Å². The molecule has 0 bridgehead atoms. The number of nitrogens with one attached hydrogen (secondary N) is 1. The van der Waals surface area contributed by atoms with Gasteiger partial charge in [-0.25, -0.2) is 9.67 Å². The maximum absolute atomic E-state index is 12.9. The normalized spacial score (nSPS) is 23.1. The van der Waals surface area contributed by atoms with Gasteiger partial charge in [0, 0.05) is 25.2 Å². The van der Waals surface area contributed by atoms with Crippen LogP contribution in [0.5, 0.6) is 0 Å². The molecule has 0 radical (unpaired) electrons. The molecule has 2 atom stereocenters. The van der Waals surface area contributed by atoms with E-state index in [0.717, 1.165) is 56.1 Å². The van der Waals surface area contributed by atoms with Gasteiger partial charge in [-0.15, -0.1) is 0 Å². The van der Waals surface area contributed by atoms with Crippen LogP contribution < -0.4 is 10.2 Å². The number of nitrogens with zero attached hydrogens (tertiary/aromatic N) is 4. The zero-order valence-electron chi connectivity index (χ0n) is 14.9. The van der Waals surface area contributed by atoms with E-state index in [0.29, 0.717) is 0 Å². The van der Waals surface area contributed by atoms with E-state index >= 15 is 0 Å². The van der Waals surface area contributed by atoms with Crippen molar-refractivity contribution in [3.63, 3.8) is 0 Å². The second-order valence-corrected chi connectivity index (χ2v) is 6.99. The summed E-state index contributed by atoms with van der Waals surface area (Å²) in [6.07, 6.45) is 3.75. The molecule has 132 valence electrons. The Hall–Kier alpha value is -2.21. The highest BCUT2D eigenvalue weighted by Crippen LogP contribution is 2.27. The van der Waals surface area contributed by atoms with Crippen LogP contribution in [0.2, 0.25) is 0 Å². The summed E-state index contributed by atoms with van der Waals surface area (Å²) in [4.78, 5) is 19.4. The number of fused-ring (bicyclic) bond motifs is 1. The highest BCUT2D eigenvalue weighted by atomic mass is 16.2. The zero-order chi connectivity index (χ0) is 17.4. The van der Waals surface area contributed by atoms with E-state index in [2.05, 4.69) is 41.4 Å². The van der Waals surface area contributed by atoms with Crippen molar-refractivity contribution in [1.82, 2.24) is 20.1 Å². The summed E-state index contributed by atoms with van der Waals surface area (Å²) in [7, 11) is 0. The van der Waals surface area contributed by atoms with Crippen molar-refractivity contribution in [2.45, 2.75) is 58.2 Å². The number of aromatic nitrogens is 3. The van der Waals surface area contributed by atoms with Crippen molar-refractivity contribution >= 4 is 11.6 Å². The Labute approximate surface area is 148 Å². The minimum Gasteiger partial charge on any atom is -0.311 e. The second kappa shape index (κ2) is 6.59. The molecule has 1 aromatic carbocycles. The van der Waals surface area contributed by atoms with Gasteiger partial charge in [0.2, 0.25) is 5.91 Å². The fraction of sp³-hybridized carbons (Fsp3) is 0.526. The van der Waals surface area contributed by atoms with Crippen LogP contribution in [0.15, 0.2) is 24.3 Å². The minimum atomic E-state index is -0.139. The molecule has 0 aliphatic carbocycles. The van der Waals surface area contributed by atoms with Crippen LogP contribution in [-0.2, 0) is 17.8 Å². The Morgan fingerprint density at radius 3 is 2.72 bits per heavy atom. The van der Waals surface area contributed by atoms with Crippen LogP contribution in [-0.4, -0.2) is 33.3 Å². The van der Waals surface area contributed by atoms with Gasteiger partial charge < -0.3 is 4.90 Å². The van der Waals surface area contributed by atoms with Crippen LogP contribution in [0.1, 0.15) is 49.4 Å². The molecule has 6 nitrogen and oxygen atoms in total. The summed E-state index contributed by atoms with van der Waals surface area (Å²) in [6, 6.07) is 8.15. The maximum atomic E-state index is 12.9. The predicted octanol–water partition coefficient (Wildman–Crippen LogP) is 2.38. The van der Waals surface area contributed by atoms with Crippen molar-refractivity contribution in [2.75, 3.05) is 11.4 Å². The van der Waals surface area contributed by atoms with Gasteiger partial charge in [0.05, 0.1) is 12.1 Å². The first-order valence-corrected chi connectivity index (χ1v) is 9.23. The van der Waals surface area contributed by atoms with E-state index in [1.807, 2.05) is 21.7 Å². The van der Waals surface area contributed by atoms with Gasteiger partial charge in [0.15, 0.2) is 5.82 Å². The van der Waals surface area contributed by atoms with E-state index in [-0.39, 0.29) is 18.0 Å². The van der Waals surface area contributed by atoms with Crippen LogP contribution in [0, 0.1) is 6.92 Å². The molecule has 3 heterocycles. The van der Waals surface area contributed by atoms with E-state index in [1.165, 1.54) is 5.56 Å². The van der Waals surface area contributed by atoms with E-state index < -0.39 is 0 Å². The molecule has 0 spiro atoms. The van der Waals surface area contributed by atoms with Crippen molar-refractivity contribution < 1.29 is 4.79 Å². The molecule has 2 aromatic rings. The van der Waals surface area contributed by atoms with Crippen molar-refractivity contribution in [2.24, 2.45) is 0 Å². The lowest BCUT2D eigenvalue weighted by Gasteiger charge is -2.26. The van der Waals surface area contributed by atoms with Crippen LogP contribution >= 0.6 is 0 Å². The summed E-state index contributed by atoms with van der Waals surface area (Å²) < 4.78 is 2.01. The molecule has 2 aliphatic heterocycles. The predicted molar refractivity (Wildman–Crippen MR) is 96.4 cm³/mol. The summed E-state index contributed by atoms with van der Waals surface area (Å²) in [5.74, 6) is 2.05. The maximum Gasteiger partial charge on any atom is 0.244 e. The molecular formula is C19H25N5O. The molecule has 6 heteroatoms. The standard InChI is InChI=1S/C19H25N5O/c1-3-17-21-18-15(5-4-11-24(18)22-17)20-16-10-12-23(19(16)25)14-8-6-13(2)7-9-14/h6-9,15-16,20H,3-5,10-12H2,1-2H3/t15-,16-/m1/s1. The first-order valence-electron chi connectivity index (χ1n) is 9.23. The second-order valence-electron chi connectivity index (χ2n) is 6.99. The van der Waals surface area contributed by atoms with Crippen molar-refractivity contribution in [3.8, 4) is 0 Å². The average Bonchev–Trinajstić information content (AvgIpc) is 3.20. The lowest BCUT2D eigenvalue weighted by molar-refractivity contribution is -0.119. The van der Waals surface area contributed by atoms with Gasteiger partial charge in [-0.2, -0.15) is 5.10 Å². The summed E-state index contributed by atoms with van der Waals surface area (Å²) in [5, 5.41) is 8.11. The van der Waals surface area contributed by atoms with E-state index in [9.17, 15) is 4.79 Å². The van der Waals surface area contributed by atoms with E-state index in [4.69, 9.17) is 0 Å². The largest absolute Gasteiger partial charge is 0.311 e. The van der Waals surface area contributed by atoms with Gasteiger partial charge in [-0.1, -0.05) is 24.6 Å². The molecule has 25 heavy (non-hydrogen) atoms. The quantitative estimate of drug-likeness (QED) is 0.929. The van der Waals surface area contributed by atoms with Gasteiger partial charge in [0.25, 0.3) is 0 Å². The molecule has 1 aromatic heterocycles. The van der Waals surface area contributed by atoms with Gasteiger partial charge in [-0.3, -0.25) is 10.1 Å².